The van der Waals surface area contributed by atoms with Gasteiger partial charge in [0.05, 0.1) is 0 Å². The third-order valence-electron chi connectivity index (χ3n) is 3.02. The summed E-state index contributed by atoms with van der Waals surface area (Å²) in [5.41, 5.74) is -0.323. The highest BCUT2D eigenvalue weighted by Crippen LogP contribution is 2.24. The van der Waals surface area contributed by atoms with Gasteiger partial charge in [-0.1, -0.05) is 20.8 Å². The molecular weight excluding hydrogens is 190 g/mol. The number of hydrogen-bond acceptors (Lipinski definition) is 2. The van der Waals surface area contributed by atoms with E-state index < -0.39 is 0 Å². The number of carbonyl (C=O) groups excluding carboxylic acids is 2. The summed E-state index contributed by atoms with van der Waals surface area (Å²) >= 11 is 0. The molecular formula is C12H21NO2. The average molecular weight is 211 g/mol. The van der Waals surface area contributed by atoms with Crippen LogP contribution in [0.25, 0.3) is 0 Å². The Morgan fingerprint density at radius 1 is 1.27 bits per heavy atom. The molecule has 15 heavy (non-hydrogen) atoms. The van der Waals surface area contributed by atoms with Gasteiger partial charge in [-0.3, -0.25) is 9.59 Å². The third-order valence-corrected chi connectivity index (χ3v) is 3.02. The number of Topliss-reactive ketones (excluding diaryl/α,β-unsaturated/α-hetero) is 1. The first-order valence-electron chi connectivity index (χ1n) is 5.61. The van der Waals surface area contributed by atoms with E-state index in [4.69, 9.17) is 0 Å². The van der Waals surface area contributed by atoms with E-state index >= 15 is 0 Å². The van der Waals surface area contributed by atoms with Crippen molar-refractivity contribution in [2.24, 2.45) is 5.41 Å². The van der Waals surface area contributed by atoms with Crippen molar-refractivity contribution >= 4 is 11.7 Å². The molecule has 0 unspecified atom stereocenters. The predicted molar refractivity (Wildman–Crippen MR) is 59.5 cm³/mol. The lowest BCUT2D eigenvalue weighted by atomic mass is 9.89. The van der Waals surface area contributed by atoms with Crippen molar-refractivity contribution in [3.8, 4) is 0 Å². The Labute approximate surface area is 91.8 Å². The van der Waals surface area contributed by atoms with Crippen LogP contribution in [0.2, 0.25) is 0 Å². The Morgan fingerprint density at radius 3 is 2.13 bits per heavy atom. The van der Waals surface area contributed by atoms with Crippen molar-refractivity contribution in [1.29, 1.82) is 0 Å². The van der Waals surface area contributed by atoms with Crippen molar-refractivity contribution in [3.63, 3.8) is 0 Å². The summed E-state index contributed by atoms with van der Waals surface area (Å²) in [7, 11) is 1.86. The van der Waals surface area contributed by atoms with Crippen molar-refractivity contribution in [3.05, 3.63) is 0 Å². The van der Waals surface area contributed by atoms with E-state index in [0.717, 1.165) is 12.8 Å². The summed E-state index contributed by atoms with van der Waals surface area (Å²) in [5, 5.41) is 0. The molecule has 0 N–H and O–H groups in total. The lowest BCUT2D eigenvalue weighted by Crippen LogP contribution is -2.44. The molecule has 1 amide bonds. The fourth-order valence-electron chi connectivity index (χ4n) is 2.01. The average Bonchev–Trinajstić information content (AvgIpc) is 2.15. The van der Waals surface area contributed by atoms with Crippen LogP contribution in [0.1, 0.15) is 46.5 Å². The molecule has 3 heteroatoms. The van der Waals surface area contributed by atoms with Crippen LogP contribution in [0.3, 0.4) is 0 Å². The highest BCUT2D eigenvalue weighted by atomic mass is 16.2. The number of hydrogen-bond donors (Lipinski definition) is 0. The highest BCUT2D eigenvalue weighted by molar-refractivity contribution is 5.82. The molecule has 0 bridgehead atoms. The van der Waals surface area contributed by atoms with Gasteiger partial charge in [-0.05, 0) is 12.8 Å². The number of carbonyl (C=O) groups is 2. The quantitative estimate of drug-likeness (QED) is 0.665. The zero-order chi connectivity index (χ0) is 11.6. The first kappa shape index (κ1) is 12.2. The molecule has 0 aromatic heterocycles. The lowest BCUT2D eigenvalue weighted by molar-refractivity contribution is -0.141. The van der Waals surface area contributed by atoms with Crippen molar-refractivity contribution < 1.29 is 9.59 Å². The lowest BCUT2D eigenvalue weighted by Gasteiger charge is -2.34. The van der Waals surface area contributed by atoms with Crippen molar-refractivity contribution in [2.45, 2.75) is 52.5 Å². The molecule has 1 saturated carbocycles. The van der Waals surface area contributed by atoms with Crippen LogP contribution < -0.4 is 0 Å². The molecule has 3 nitrogen and oxygen atoms in total. The minimum Gasteiger partial charge on any atom is -0.342 e. The van der Waals surface area contributed by atoms with Gasteiger partial charge in [0, 0.05) is 31.3 Å². The summed E-state index contributed by atoms with van der Waals surface area (Å²) in [5.74, 6) is 0.504. The van der Waals surface area contributed by atoms with Gasteiger partial charge in [0.1, 0.15) is 5.78 Å². The van der Waals surface area contributed by atoms with E-state index in [-0.39, 0.29) is 17.4 Å². The topological polar surface area (TPSA) is 37.4 Å². The molecule has 1 aliphatic rings. The number of rotatable bonds is 1. The van der Waals surface area contributed by atoms with E-state index in [1.54, 1.807) is 0 Å². The smallest absolute Gasteiger partial charge is 0.227 e. The Morgan fingerprint density at radius 2 is 1.73 bits per heavy atom. The molecule has 1 aliphatic carbocycles. The van der Waals surface area contributed by atoms with Gasteiger partial charge < -0.3 is 4.90 Å². The zero-order valence-electron chi connectivity index (χ0n) is 10.2. The number of amides is 1. The van der Waals surface area contributed by atoms with Crippen LogP contribution in [0.4, 0.5) is 0 Å². The standard InChI is InChI=1S/C12H21NO2/c1-12(2,3)11(15)13(4)9-5-7-10(14)8-6-9/h9H,5-8H2,1-4H3. The maximum atomic E-state index is 12.0. The summed E-state index contributed by atoms with van der Waals surface area (Å²) in [6.07, 6.45) is 2.92. The van der Waals surface area contributed by atoms with Gasteiger partial charge in [0.25, 0.3) is 0 Å². The highest BCUT2D eigenvalue weighted by Gasteiger charge is 2.31. The van der Waals surface area contributed by atoms with E-state index in [9.17, 15) is 9.59 Å². The fraction of sp³-hybridized carbons (Fsp3) is 0.833. The first-order chi connectivity index (χ1) is 6.82. The predicted octanol–water partition coefficient (Wildman–Crippen LogP) is 2.00. The minimum absolute atomic E-state index is 0.168. The number of ketones is 1. The van der Waals surface area contributed by atoms with Crippen LogP contribution >= 0.6 is 0 Å². The van der Waals surface area contributed by atoms with Crippen LogP contribution in [-0.2, 0) is 9.59 Å². The Bertz CT molecular complexity index is 255. The summed E-state index contributed by atoms with van der Waals surface area (Å²) in [6, 6.07) is 0.259. The third kappa shape index (κ3) is 3.05. The van der Waals surface area contributed by atoms with Crippen LogP contribution in [0.15, 0.2) is 0 Å². The molecule has 0 aromatic rings. The van der Waals surface area contributed by atoms with Gasteiger partial charge in [-0.15, -0.1) is 0 Å². The molecule has 0 saturated heterocycles. The second kappa shape index (κ2) is 4.33. The molecule has 0 spiro atoms. The van der Waals surface area contributed by atoms with Gasteiger partial charge in [-0.2, -0.15) is 0 Å². The van der Waals surface area contributed by atoms with Gasteiger partial charge in [0.2, 0.25) is 5.91 Å². The van der Waals surface area contributed by atoms with Crippen LogP contribution in [0.5, 0.6) is 0 Å². The van der Waals surface area contributed by atoms with Gasteiger partial charge >= 0.3 is 0 Å². The Hall–Kier alpha value is -0.860. The minimum atomic E-state index is -0.323. The van der Waals surface area contributed by atoms with Gasteiger partial charge in [0.15, 0.2) is 0 Å². The molecule has 0 atom stereocenters. The van der Waals surface area contributed by atoms with E-state index in [1.165, 1.54) is 0 Å². The molecule has 0 aromatic carbocycles. The normalized spacial score (nSPS) is 19.1. The molecule has 1 rings (SSSR count). The maximum absolute atomic E-state index is 12.0. The number of nitrogens with zero attached hydrogens (tertiary/aromatic N) is 1. The molecule has 0 radical (unpaired) electrons. The van der Waals surface area contributed by atoms with Crippen molar-refractivity contribution in [2.75, 3.05) is 7.05 Å². The second-order valence-electron chi connectivity index (χ2n) is 5.44. The van der Waals surface area contributed by atoms with Gasteiger partial charge in [-0.25, -0.2) is 0 Å². The maximum Gasteiger partial charge on any atom is 0.227 e. The second-order valence-corrected chi connectivity index (χ2v) is 5.44. The van der Waals surface area contributed by atoms with E-state index in [1.807, 2.05) is 32.7 Å². The zero-order valence-corrected chi connectivity index (χ0v) is 10.2. The monoisotopic (exact) mass is 211 g/mol. The van der Waals surface area contributed by atoms with Crippen LogP contribution in [0, 0.1) is 5.41 Å². The molecule has 0 heterocycles. The van der Waals surface area contributed by atoms with Crippen LogP contribution in [-0.4, -0.2) is 29.7 Å². The SMILES string of the molecule is CN(C(=O)C(C)(C)C)C1CCC(=O)CC1. The summed E-state index contributed by atoms with van der Waals surface area (Å²) in [4.78, 5) is 24.9. The molecule has 86 valence electrons. The summed E-state index contributed by atoms with van der Waals surface area (Å²) < 4.78 is 0. The van der Waals surface area contributed by atoms with E-state index in [2.05, 4.69) is 0 Å². The largest absolute Gasteiger partial charge is 0.342 e. The first-order valence-corrected chi connectivity index (χ1v) is 5.61. The Balaban J connectivity index is 2.57. The Kier molecular flexibility index (Phi) is 3.53. The van der Waals surface area contributed by atoms with E-state index in [0.29, 0.717) is 18.6 Å². The molecule has 0 aliphatic heterocycles. The summed E-state index contributed by atoms with van der Waals surface area (Å²) in [6.45, 7) is 5.79. The van der Waals surface area contributed by atoms with Crippen molar-refractivity contribution in [1.82, 2.24) is 4.90 Å². The molecule has 1 fully saturated rings. The fourth-order valence-corrected chi connectivity index (χ4v) is 2.01.